The van der Waals surface area contributed by atoms with E-state index in [1.165, 1.54) is 0 Å². The fraction of sp³-hybridized carbons (Fsp3) is 0.136. The molecule has 3 N–H and O–H groups in total. The van der Waals surface area contributed by atoms with Crippen molar-refractivity contribution in [3.05, 3.63) is 77.3 Å². The molecule has 0 saturated heterocycles. The summed E-state index contributed by atoms with van der Waals surface area (Å²) in [5, 5.41) is 11.2. The van der Waals surface area contributed by atoms with Crippen molar-refractivity contribution in [3.8, 4) is 21.9 Å². The van der Waals surface area contributed by atoms with E-state index in [0.717, 1.165) is 33.2 Å². The lowest BCUT2D eigenvalue weighted by Crippen LogP contribution is -2.12. The first-order chi connectivity index (χ1) is 14.4. The average Bonchev–Trinajstić information content (AvgIpc) is 3.45. The van der Waals surface area contributed by atoms with Crippen LogP contribution < -0.4 is 5.73 Å². The van der Waals surface area contributed by atoms with Crippen LogP contribution in [0.5, 0.6) is 0 Å². The first kappa shape index (κ1) is 19.7. The predicted molar refractivity (Wildman–Crippen MR) is 115 cm³/mol. The Labute approximate surface area is 177 Å². The number of benzene rings is 1. The van der Waals surface area contributed by atoms with Crippen molar-refractivity contribution in [3.63, 3.8) is 0 Å². The Morgan fingerprint density at radius 3 is 2.70 bits per heavy atom. The van der Waals surface area contributed by atoms with E-state index in [-0.39, 0.29) is 6.42 Å². The maximum Gasteiger partial charge on any atom is 0.303 e. The standard InChI is InChI=1S/C22H20N4O3S/c1-14-10-15(22(23)29)2-5-18(14)26-16(4-7-21(27)28)3-6-19(26)20-11-17(12-30-20)25-9-8-24-13-25/h2-3,5-6,8-13H,4,7H2,1H3,(H2,23,29)(H,27,28). The van der Waals surface area contributed by atoms with Gasteiger partial charge in [0.15, 0.2) is 0 Å². The highest BCUT2D eigenvalue weighted by Crippen LogP contribution is 2.34. The summed E-state index contributed by atoms with van der Waals surface area (Å²) in [6, 6.07) is 11.3. The van der Waals surface area contributed by atoms with Crippen LogP contribution in [0.25, 0.3) is 21.9 Å². The Morgan fingerprint density at radius 1 is 1.20 bits per heavy atom. The summed E-state index contributed by atoms with van der Waals surface area (Å²) in [5.41, 5.74) is 10.5. The third kappa shape index (κ3) is 3.77. The molecule has 0 bridgehead atoms. The van der Waals surface area contributed by atoms with Gasteiger partial charge in [0.05, 0.1) is 29.0 Å². The number of rotatable bonds is 7. The maximum absolute atomic E-state index is 11.5. The number of amides is 1. The van der Waals surface area contributed by atoms with Gasteiger partial charge in [-0.2, -0.15) is 0 Å². The van der Waals surface area contributed by atoms with E-state index in [0.29, 0.717) is 12.0 Å². The molecule has 30 heavy (non-hydrogen) atoms. The van der Waals surface area contributed by atoms with Crippen LogP contribution in [0.2, 0.25) is 0 Å². The molecule has 4 aromatic rings. The monoisotopic (exact) mass is 420 g/mol. The molecule has 0 saturated carbocycles. The molecule has 0 fully saturated rings. The average molecular weight is 420 g/mol. The molecule has 3 heterocycles. The number of carboxylic acid groups (broad SMARTS) is 1. The molecule has 1 amide bonds. The number of aliphatic carboxylic acids is 1. The Bertz CT molecular complexity index is 1220. The van der Waals surface area contributed by atoms with Gasteiger partial charge in [-0.25, -0.2) is 4.98 Å². The van der Waals surface area contributed by atoms with Crippen molar-refractivity contribution in [1.82, 2.24) is 14.1 Å². The Kier molecular flexibility index (Phi) is 5.24. The number of primary amides is 1. The van der Waals surface area contributed by atoms with Gasteiger partial charge in [-0.1, -0.05) is 0 Å². The molecule has 152 valence electrons. The van der Waals surface area contributed by atoms with Crippen LogP contribution in [0.3, 0.4) is 0 Å². The second-order valence-corrected chi connectivity index (χ2v) is 7.85. The zero-order valence-electron chi connectivity index (χ0n) is 16.3. The number of hydrogen-bond donors (Lipinski definition) is 2. The van der Waals surface area contributed by atoms with Gasteiger partial charge in [0, 0.05) is 34.7 Å². The van der Waals surface area contributed by atoms with Crippen LogP contribution in [0, 0.1) is 6.92 Å². The summed E-state index contributed by atoms with van der Waals surface area (Å²) in [6.45, 7) is 1.91. The molecule has 7 nitrogen and oxygen atoms in total. The molecule has 4 rings (SSSR count). The summed E-state index contributed by atoms with van der Waals surface area (Å²) in [7, 11) is 0. The number of thiophene rings is 1. The second kappa shape index (κ2) is 8.00. The number of nitrogens with zero attached hydrogens (tertiary/aromatic N) is 3. The lowest BCUT2D eigenvalue weighted by molar-refractivity contribution is -0.136. The lowest BCUT2D eigenvalue weighted by atomic mass is 10.1. The summed E-state index contributed by atoms with van der Waals surface area (Å²) in [5.74, 6) is -1.32. The Morgan fingerprint density at radius 2 is 2.03 bits per heavy atom. The first-order valence-corrected chi connectivity index (χ1v) is 10.2. The number of imidazole rings is 1. The van der Waals surface area contributed by atoms with E-state index in [1.807, 2.05) is 41.3 Å². The zero-order chi connectivity index (χ0) is 21.3. The smallest absolute Gasteiger partial charge is 0.303 e. The second-order valence-electron chi connectivity index (χ2n) is 6.94. The number of aromatic nitrogens is 3. The van der Waals surface area contributed by atoms with E-state index in [2.05, 4.69) is 15.6 Å². The van der Waals surface area contributed by atoms with Gasteiger partial charge >= 0.3 is 5.97 Å². The number of carboxylic acids is 1. The summed E-state index contributed by atoms with van der Waals surface area (Å²) >= 11 is 1.60. The third-order valence-electron chi connectivity index (χ3n) is 4.92. The number of carbonyl (C=O) groups is 2. The van der Waals surface area contributed by atoms with Crippen molar-refractivity contribution in [1.29, 1.82) is 0 Å². The molecular formula is C22H20N4O3S. The number of carbonyl (C=O) groups excluding carboxylic acids is 1. The van der Waals surface area contributed by atoms with Crippen LogP contribution in [0.4, 0.5) is 0 Å². The van der Waals surface area contributed by atoms with Gasteiger partial charge in [0.1, 0.15) is 0 Å². The molecule has 8 heteroatoms. The van der Waals surface area contributed by atoms with Crippen LogP contribution in [-0.2, 0) is 11.2 Å². The molecule has 0 atom stereocenters. The summed E-state index contributed by atoms with van der Waals surface area (Å²) in [4.78, 5) is 27.8. The van der Waals surface area contributed by atoms with Gasteiger partial charge in [0.2, 0.25) is 5.91 Å². The zero-order valence-corrected chi connectivity index (χ0v) is 17.1. The van der Waals surface area contributed by atoms with Crippen LogP contribution in [0.15, 0.2) is 60.5 Å². The fourth-order valence-electron chi connectivity index (χ4n) is 3.45. The van der Waals surface area contributed by atoms with Gasteiger partial charge < -0.3 is 20.0 Å². The van der Waals surface area contributed by atoms with Crippen molar-refractivity contribution in [2.24, 2.45) is 5.73 Å². The van der Waals surface area contributed by atoms with Crippen molar-refractivity contribution < 1.29 is 14.7 Å². The van der Waals surface area contributed by atoms with Crippen LogP contribution >= 0.6 is 11.3 Å². The van der Waals surface area contributed by atoms with Gasteiger partial charge in [-0.15, -0.1) is 11.3 Å². The SMILES string of the molecule is Cc1cc(C(N)=O)ccc1-n1c(CCC(=O)O)ccc1-c1cc(-n2ccnc2)cs1. The highest BCUT2D eigenvalue weighted by atomic mass is 32.1. The number of hydrogen-bond acceptors (Lipinski definition) is 4. The summed E-state index contributed by atoms with van der Waals surface area (Å²) in [6.07, 6.45) is 5.79. The van der Waals surface area contributed by atoms with Crippen molar-refractivity contribution in [2.45, 2.75) is 19.8 Å². The van der Waals surface area contributed by atoms with Crippen molar-refractivity contribution in [2.75, 3.05) is 0 Å². The molecule has 0 spiro atoms. The lowest BCUT2D eigenvalue weighted by Gasteiger charge is -2.16. The third-order valence-corrected chi connectivity index (χ3v) is 5.86. The highest BCUT2D eigenvalue weighted by Gasteiger charge is 2.17. The molecule has 0 radical (unpaired) electrons. The van der Waals surface area contributed by atoms with E-state index < -0.39 is 11.9 Å². The van der Waals surface area contributed by atoms with Crippen LogP contribution in [0.1, 0.15) is 28.0 Å². The molecule has 0 aliphatic carbocycles. The normalized spacial score (nSPS) is 11.0. The van der Waals surface area contributed by atoms with Gasteiger partial charge in [-0.3, -0.25) is 9.59 Å². The van der Waals surface area contributed by atoms with Crippen molar-refractivity contribution >= 4 is 23.2 Å². The highest BCUT2D eigenvalue weighted by molar-refractivity contribution is 7.13. The molecular weight excluding hydrogens is 400 g/mol. The minimum atomic E-state index is -0.844. The fourth-order valence-corrected chi connectivity index (χ4v) is 4.36. The minimum absolute atomic E-state index is 0.0343. The van der Waals surface area contributed by atoms with E-state index >= 15 is 0 Å². The molecule has 3 aromatic heterocycles. The number of nitrogens with two attached hydrogens (primary N) is 1. The summed E-state index contributed by atoms with van der Waals surface area (Å²) < 4.78 is 4.00. The first-order valence-electron chi connectivity index (χ1n) is 9.34. The van der Waals surface area contributed by atoms with Crippen LogP contribution in [-0.4, -0.2) is 31.1 Å². The quantitative estimate of drug-likeness (QED) is 0.474. The predicted octanol–water partition coefficient (Wildman–Crippen LogP) is 3.82. The molecule has 1 aromatic carbocycles. The number of aryl methyl sites for hydroxylation is 2. The molecule has 0 unspecified atom stereocenters. The Hall–Kier alpha value is -3.65. The van der Waals surface area contributed by atoms with E-state index in [1.54, 1.807) is 36.0 Å². The largest absolute Gasteiger partial charge is 0.481 e. The maximum atomic E-state index is 11.5. The minimum Gasteiger partial charge on any atom is -0.481 e. The molecule has 0 aliphatic heterocycles. The van der Waals surface area contributed by atoms with Gasteiger partial charge in [-0.05, 0) is 55.3 Å². The van der Waals surface area contributed by atoms with Gasteiger partial charge in [0.25, 0.3) is 0 Å². The van der Waals surface area contributed by atoms with E-state index in [9.17, 15) is 9.59 Å². The molecule has 0 aliphatic rings. The van der Waals surface area contributed by atoms with E-state index in [4.69, 9.17) is 10.8 Å². The topological polar surface area (TPSA) is 103 Å². The Balaban J connectivity index is 1.82.